The molecule has 1 aromatic rings. The molecule has 1 unspecified atom stereocenters. The number of benzene rings is 1. The smallest absolute Gasteiger partial charge is 0.112 e. The normalized spacial score (nSPS) is 17.3. The summed E-state index contributed by atoms with van der Waals surface area (Å²) in [6, 6.07) is 9.99. The van der Waals surface area contributed by atoms with Gasteiger partial charge in [-0.1, -0.05) is 36.9 Å². The summed E-state index contributed by atoms with van der Waals surface area (Å²) in [6.07, 6.45) is 1.64. The van der Waals surface area contributed by atoms with Gasteiger partial charge in [-0.05, 0) is 5.56 Å². The van der Waals surface area contributed by atoms with Crippen LogP contribution in [0.25, 0.3) is 0 Å². The number of aliphatic hydroxyl groups is 1. The van der Waals surface area contributed by atoms with Crippen LogP contribution in [0.4, 0.5) is 0 Å². The first-order valence-electron chi connectivity index (χ1n) is 4.85. The van der Waals surface area contributed by atoms with Gasteiger partial charge in [-0.25, -0.2) is 0 Å². The Morgan fingerprint density at radius 2 is 2.13 bits per heavy atom. The van der Waals surface area contributed by atoms with Crippen LogP contribution in [0.3, 0.4) is 0 Å². The fourth-order valence-corrected chi connectivity index (χ4v) is 0.903. The van der Waals surface area contributed by atoms with E-state index in [2.05, 4.69) is 11.3 Å². The fourth-order valence-electron chi connectivity index (χ4n) is 0.903. The molecular weight excluding hydrogens is 192 g/mol. The summed E-state index contributed by atoms with van der Waals surface area (Å²) in [5, 5.41) is 8.08. The topological polar surface area (TPSA) is 42.0 Å². The second-order valence-electron chi connectivity index (χ2n) is 3.10. The van der Waals surface area contributed by atoms with Crippen LogP contribution in [-0.2, 0) is 16.1 Å². The summed E-state index contributed by atoms with van der Waals surface area (Å²) in [6.45, 7) is 5.02. The van der Waals surface area contributed by atoms with Crippen LogP contribution in [0.5, 0.6) is 0 Å². The lowest BCUT2D eigenvalue weighted by molar-refractivity contribution is 0.237. The third kappa shape index (κ3) is 5.88. The molecule has 0 aromatic heterocycles. The van der Waals surface area contributed by atoms with E-state index in [1.165, 1.54) is 11.8 Å². The maximum Gasteiger partial charge on any atom is 0.112 e. The summed E-state index contributed by atoms with van der Waals surface area (Å²) >= 11 is 0. The first-order valence-corrected chi connectivity index (χ1v) is 4.85. The minimum absolute atomic E-state index is 0.190. The minimum atomic E-state index is 0.190. The Hall–Kier alpha value is -1.32. The molecule has 2 rings (SSSR count). The average Bonchev–Trinajstić information content (AvgIpc) is 3.12. The number of aliphatic hydroxyl groups excluding tert-OH is 1. The van der Waals surface area contributed by atoms with Gasteiger partial charge >= 0.3 is 0 Å². The molecule has 1 atom stereocenters. The molecule has 0 bridgehead atoms. The zero-order chi connectivity index (χ0) is 10.9. The van der Waals surface area contributed by atoms with Crippen LogP contribution < -0.4 is 0 Å². The second kappa shape index (κ2) is 7.04. The molecule has 1 aliphatic heterocycles. The van der Waals surface area contributed by atoms with Crippen LogP contribution in [-0.4, -0.2) is 24.4 Å². The standard InChI is InChI=1S/C9H10O.C3H6O2/c1-2-10-8-9-6-4-3-5-7-9;4-1-3-2-5-3/h2-7H,1,8H2;3-4H,1-2H2. The van der Waals surface area contributed by atoms with Gasteiger partial charge in [0.25, 0.3) is 0 Å². The van der Waals surface area contributed by atoms with Crippen LogP contribution >= 0.6 is 0 Å². The molecule has 15 heavy (non-hydrogen) atoms. The van der Waals surface area contributed by atoms with Crippen LogP contribution in [0.15, 0.2) is 43.2 Å². The number of hydrogen-bond acceptors (Lipinski definition) is 3. The number of hydrogen-bond donors (Lipinski definition) is 1. The molecule has 1 heterocycles. The van der Waals surface area contributed by atoms with Gasteiger partial charge < -0.3 is 14.6 Å². The van der Waals surface area contributed by atoms with E-state index in [9.17, 15) is 0 Å². The molecule has 1 N–H and O–H groups in total. The molecule has 3 heteroatoms. The van der Waals surface area contributed by atoms with Gasteiger partial charge in [-0.15, -0.1) is 0 Å². The minimum Gasteiger partial charge on any atom is -0.497 e. The highest BCUT2D eigenvalue weighted by Crippen LogP contribution is 2.04. The molecule has 3 nitrogen and oxygen atoms in total. The van der Waals surface area contributed by atoms with E-state index in [1.54, 1.807) is 0 Å². The van der Waals surface area contributed by atoms with Gasteiger partial charge in [0.15, 0.2) is 0 Å². The van der Waals surface area contributed by atoms with Gasteiger partial charge in [0.1, 0.15) is 12.7 Å². The zero-order valence-corrected chi connectivity index (χ0v) is 8.63. The summed E-state index contributed by atoms with van der Waals surface area (Å²) < 4.78 is 9.59. The van der Waals surface area contributed by atoms with E-state index in [0.29, 0.717) is 6.61 Å². The van der Waals surface area contributed by atoms with Crippen molar-refractivity contribution in [3.8, 4) is 0 Å². The van der Waals surface area contributed by atoms with Crippen molar-refractivity contribution in [1.82, 2.24) is 0 Å². The van der Waals surface area contributed by atoms with Crippen molar-refractivity contribution in [3.63, 3.8) is 0 Å². The highest BCUT2D eigenvalue weighted by molar-refractivity contribution is 5.13. The zero-order valence-electron chi connectivity index (χ0n) is 8.63. The van der Waals surface area contributed by atoms with Gasteiger partial charge in [0, 0.05) is 0 Å². The largest absolute Gasteiger partial charge is 0.497 e. The molecule has 0 spiro atoms. The summed E-state index contributed by atoms with van der Waals surface area (Å²) in [4.78, 5) is 0. The molecule has 82 valence electrons. The van der Waals surface area contributed by atoms with Crippen molar-refractivity contribution in [2.45, 2.75) is 12.7 Å². The van der Waals surface area contributed by atoms with Crippen LogP contribution in [0, 0.1) is 0 Å². The third-order valence-electron chi connectivity index (χ3n) is 1.82. The van der Waals surface area contributed by atoms with Crippen molar-refractivity contribution in [1.29, 1.82) is 0 Å². The van der Waals surface area contributed by atoms with E-state index in [0.717, 1.165) is 6.61 Å². The molecule has 0 aliphatic carbocycles. The van der Waals surface area contributed by atoms with Crippen LogP contribution in [0.1, 0.15) is 5.56 Å². The van der Waals surface area contributed by atoms with E-state index in [-0.39, 0.29) is 12.7 Å². The lowest BCUT2D eigenvalue weighted by atomic mass is 10.2. The Bertz CT molecular complexity index is 267. The molecule has 1 saturated heterocycles. The summed E-state index contributed by atoms with van der Waals surface area (Å²) in [5.74, 6) is 0. The first-order chi connectivity index (χ1) is 7.36. The van der Waals surface area contributed by atoms with E-state index >= 15 is 0 Å². The lowest BCUT2D eigenvalue weighted by Crippen LogP contribution is -1.88. The summed E-state index contributed by atoms with van der Waals surface area (Å²) in [5.41, 5.74) is 1.17. The van der Waals surface area contributed by atoms with Gasteiger partial charge in [-0.3, -0.25) is 0 Å². The first kappa shape index (κ1) is 11.8. The van der Waals surface area contributed by atoms with Gasteiger partial charge in [0.05, 0.1) is 19.5 Å². The molecular formula is C12H16O3. The molecule has 0 radical (unpaired) electrons. The van der Waals surface area contributed by atoms with E-state index < -0.39 is 0 Å². The highest BCUT2D eigenvalue weighted by Gasteiger charge is 2.19. The Kier molecular flexibility index (Phi) is 5.51. The lowest BCUT2D eigenvalue weighted by Gasteiger charge is -1.98. The van der Waals surface area contributed by atoms with E-state index in [1.807, 2.05) is 30.3 Å². The Labute approximate surface area is 90.0 Å². The predicted octanol–water partition coefficient (Wildman–Crippen LogP) is 1.72. The molecule has 1 aromatic carbocycles. The maximum atomic E-state index is 8.08. The van der Waals surface area contributed by atoms with Crippen molar-refractivity contribution in [2.24, 2.45) is 0 Å². The fraction of sp³-hybridized carbons (Fsp3) is 0.333. The van der Waals surface area contributed by atoms with Crippen molar-refractivity contribution in [3.05, 3.63) is 48.7 Å². The second-order valence-corrected chi connectivity index (χ2v) is 3.10. The van der Waals surface area contributed by atoms with E-state index in [4.69, 9.17) is 9.84 Å². The number of epoxide rings is 1. The Morgan fingerprint density at radius 1 is 1.47 bits per heavy atom. The highest BCUT2D eigenvalue weighted by atomic mass is 16.6. The quantitative estimate of drug-likeness (QED) is 0.605. The van der Waals surface area contributed by atoms with Crippen molar-refractivity contribution < 1.29 is 14.6 Å². The summed E-state index contributed by atoms with van der Waals surface area (Å²) in [7, 11) is 0. The predicted molar refractivity (Wildman–Crippen MR) is 58.3 cm³/mol. The SMILES string of the molecule is C=COCc1ccccc1.OCC1CO1. The maximum absolute atomic E-state index is 8.08. The van der Waals surface area contributed by atoms with Crippen LogP contribution in [0.2, 0.25) is 0 Å². The average molecular weight is 208 g/mol. The molecule has 0 amide bonds. The van der Waals surface area contributed by atoms with Crippen molar-refractivity contribution in [2.75, 3.05) is 13.2 Å². The number of rotatable bonds is 4. The Morgan fingerprint density at radius 3 is 2.53 bits per heavy atom. The van der Waals surface area contributed by atoms with Gasteiger partial charge in [0.2, 0.25) is 0 Å². The molecule has 1 aliphatic rings. The van der Waals surface area contributed by atoms with Crippen molar-refractivity contribution >= 4 is 0 Å². The third-order valence-corrected chi connectivity index (χ3v) is 1.82. The molecule has 0 saturated carbocycles. The van der Waals surface area contributed by atoms with Gasteiger partial charge in [-0.2, -0.15) is 0 Å². The number of ether oxygens (including phenoxy) is 2. The molecule has 1 fully saturated rings. The monoisotopic (exact) mass is 208 g/mol. The Balaban J connectivity index is 0.000000187.